The van der Waals surface area contributed by atoms with Crippen molar-refractivity contribution >= 4 is 17.7 Å². The van der Waals surface area contributed by atoms with Crippen molar-refractivity contribution in [1.82, 2.24) is 20.2 Å². The molecule has 1 aromatic rings. The molecule has 2 N–H and O–H groups in total. The van der Waals surface area contributed by atoms with Crippen molar-refractivity contribution in [2.45, 2.75) is 12.6 Å². The summed E-state index contributed by atoms with van der Waals surface area (Å²) in [6.45, 7) is 3.35. The summed E-state index contributed by atoms with van der Waals surface area (Å²) in [5.41, 5.74) is 0. The molecule has 3 heterocycles. The first-order valence-electron chi connectivity index (χ1n) is 7.05. The van der Waals surface area contributed by atoms with Crippen LogP contribution in [0.1, 0.15) is 5.82 Å². The van der Waals surface area contributed by atoms with Gasteiger partial charge in [-0.2, -0.15) is 0 Å². The lowest BCUT2D eigenvalue weighted by Crippen LogP contribution is -2.52. The second kappa shape index (κ2) is 5.72. The number of hydrogen-bond donors (Lipinski definition) is 2. The van der Waals surface area contributed by atoms with E-state index in [1.807, 2.05) is 18.0 Å². The average molecular weight is 292 g/mol. The quantitative estimate of drug-likeness (QED) is 0.805. The Balaban J connectivity index is 1.80. The molecule has 2 amide bonds. The average Bonchev–Trinajstić information content (AvgIpc) is 2.88. The van der Waals surface area contributed by atoms with Gasteiger partial charge in [-0.25, -0.2) is 14.8 Å². The maximum atomic E-state index is 11.6. The predicted molar refractivity (Wildman–Crippen MR) is 78.4 cm³/mol. The van der Waals surface area contributed by atoms with E-state index < -0.39 is 0 Å². The standard InChI is InChI=1S/C13H20N6O2/c1-14-10-5-12(17-11(16-10)8-21-2)18-3-4-19-9(7-18)6-15-13(19)20/h5,9H,3-4,6-8H2,1-2H3,(H,15,20)(H,14,16,17). The summed E-state index contributed by atoms with van der Waals surface area (Å²) in [5, 5.41) is 5.93. The molecule has 8 nitrogen and oxygen atoms in total. The van der Waals surface area contributed by atoms with Crippen LogP contribution < -0.4 is 15.5 Å². The maximum absolute atomic E-state index is 11.6. The Morgan fingerprint density at radius 3 is 3.10 bits per heavy atom. The van der Waals surface area contributed by atoms with Gasteiger partial charge in [0.2, 0.25) is 0 Å². The van der Waals surface area contributed by atoms with Crippen LogP contribution in [0.2, 0.25) is 0 Å². The highest BCUT2D eigenvalue weighted by Gasteiger charge is 2.35. The topological polar surface area (TPSA) is 82.6 Å². The van der Waals surface area contributed by atoms with E-state index in [9.17, 15) is 4.79 Å². The Morgan fingerprint density at radius 1 is 1.48 bits per heavy atom. The Hall–Kier alpha value is -2.09. The summed E-state index contributed by atoms with van der Waals surface area (Å²) in [7, 11) is 3.46. The SMILES string of the molecule is CNc1cc(N2CCN3C(=O)NCC3C2)nc(COC)n1. The van der Waals surface area contributed by atoms with Gasteiger partial charge >= 0.3 is 6.03 Å². The fraction of sp³-hybridized carbons (Fsp3) is 0.615. The van der Waals surface area contributed by atoms with E-state index >= 15 is 0 Å². The first kappa shape index (κ1) is 13.9. The Bertz CT molecular complexity index is 537. The molecule has 2 aliphatic rings. The molecule has 0 saturated carbocycles. The molecule has 8 heteroatoms. The van der Waals surface area contributed by atoms with Gasteiger partial charge in [0.1, 0.15) is 18.2 Å². The van der Waals surface area contributed by atoms with Crippen LogP contribution in [0.25, 0.3) is 0 Å². The van der Waals surface area contributed by atoms with Crippen molar-refractivity contribution in [2.24, 2.45) is 0 Å². The molecular weight excluding hydrogens is 272 g/mol. The van der Waals surface area contributed by atoms with E-state index in [4.69, 9.17) is 4.74 Å². The van der Waals surface area contributed by atoms with E-state index in [1.165, 1.54) is 0 Å². The number of nitrogens with one attached hydrogen (secondary N) is 2. The summed E-state index contributed by atoms with van der Waals surface area (Å²) in [4.78, 5) is 24.6. The smallest absolute Gasteiger partial charge is 0.317 e. The highest BCUT2D eigenvalue weighted by molar-refractivity contribution is 5.77. The summed E-state index contributed by atoms with van der Waals surface area (Å²) in [6, 6.07) is 2.18. The van der Waals surface area contributed by atoms with E-state index in [-0.39, 0.29) is 12.1 Å². The lowest BCUT2D eigenvalue weighted by molar-refractivity contribution is 0.177. The Kier molecular flexibility index (Phi) is 3.78. The van der Waals surface area contributed by atoms with Gasteiger partial charge in [-0.05, 0) is 0 Å². The van der Waals surface area contributed by atoms with Crippen LogP contribution in [-0.4, -0.2) is 67.3 Å². The minimum Gasteiger partial charge on any atom is -0.377 e. The molecule has 0 bridgehead atoms. The summed E-state index contributed by atoms with van der Waals surface area (Å²) < 4.78 is 5.12. The number of carbonyl (C=O) groups excluding carboxylic acids is 1. The summed E-state index contributed by atoms with van der Waals surface area (Å²) in [5.74, 6) is 2.30. The van der Waals surface area contributed by atoms with E-state index in [0.29, 0.717) is 19.0 Å². The largest absolute Gasteiger partial charge is 0.377 e. The van der Waals surface area contributed by atoms with Crippen LogP contribution in [-0.2, 0) is 11.3 Å². The van der Waals surface area contributed by atoms with Crippen molar-refractivity contribution in [3.63, 3.8) is 0 Å². The molecule has 0 aromatic carbocycles. The molecule has 1 aromatic heterocycles. The minimum atomic E-state index is 0.0401. The number of carbonyl (C=O) groups is 1. The maximum Gasteiger partial charge on any atom is 0.317 e. The number of hydrogen-bond acceptors (Lipinski definition) is 6. The van der Waals surface area contributed by atoms with Gasteiger partial charge in [-0.1, -0.05) is 0 Å². The number of nitrogens with zero attached hydrogens (tertiary/aromatic N) is 4. The van der Waals surface area contributed by atoms with Crippen molar-refractivity contribution in [1.29, 1.82) is 0 Å². The highest BCUT2D eigenvalue weighted by atomic mass is 16.5. The lowest BCUT2D eigenvalue weighted by Gasteiger charge is -2.37. The highest BCUT2D eigenvalue weighted by Crippen LogP contribution is 2.21. The number of piperazine rings is 1. The number of methoxy groups -OCH3 is 1. The zero-order valence-corrected chi connectivity index (χ0v) is 12.3. The monoisotopic (exact) mass is 292 g/mol. The normalized spacial score (nSPS) is 21.2. The third kappa shape index (κ3) is 2.71. The van der Waals surface area contributed by atoms with Crippen molar-refractivity contribution in [3.05, 3.63) is 11.9 Å². The van der Waals surface area contributed by atoms with Gasteiger partial charge in [-0.15, -0.1) is 0 Å². The number of urea groups is 1. The minimum absolute atomic E-state index is 0.0401. The molecule has 1 unspecified atom stereocenters. The molecule has 2 saturated heterocycles. The Morgan fingerprint density at radius 2 is 2.33 bits per heavy atom. The van der Waals surface area contributed by atoms with Crippen molar-refractivity contribution in [3.8, 4) is 0 Å². The number of ether oxygens (including phenoxy) is 1. The Labute approximate surface area is 123 Å². The van der Waals surface area contributed by atoms with Crippen LogP contribution >= 0.6 is 0 Å². The second-order valence-corrected chi connectivity index (χ2v) is 5.19. The second-order valence-electron chi connectivity index (χ2n) is 5.19. The number of rotatable bonds is 4. The fourth-order valence-corrected chi connectivity index (χ4v) is 2.78. The molecule has 0 aliphatic carbocycles. The van der Waals surface area contributed by atoms with Crippen LogP contribution in [0.5, 0.6) is 0 Å². The zero-order valence-electron chi connectivity index (χ0n) is 12.3. The van der Waals surface area contributed by atoms with E-state index in [2.05, 4.69) is 25.5 Å². The van der Waals surface area contributed by atoms with Gasteiger partial charge in [0.15, 0.2) is 5.82 Å². The van der Waals surface area contributed by atoms with Gasteiger partial charge < -0.3 is 25.2 Å². The molecule has 2 fully saturated rings. The molecule has 0 spiro atoms. The van der Waals surface area contributed by atoms with E-state index in [1.54, 1.807) is 7.11 Å². The van der Waals surface area contributed by atoms with Gasteiger partial charge in [0.05, 0.1) is 6.04 Å². The molecule has 0 radical (unpaired) electrons. The third-order valence-corrected chi connectivity index (χ3v) is 3.85. The molecule has 2 aliphatic heterocycles. The van der Waals surface area contributed by atoms with Gasteiger partial charge in [-0.3, -0.25) is 0 Å². The summed E-state index contributed by atoms with van der Waals surface area (Å²) >= 11 is 0. The molecular formula is C13H20N6O2. The molecule has 114 valence electrons. The van der Waals surface area contributed by atoms with Crippen molar-refractivity contribution < 1.29 is 9.53 Å². The molecule has 21 heavy (non-hydrogen) atoms. The lowest BCUT2D eigenvalue weighted by atomic mass is 10.2. The van der Waals surface area contributed by atoms with Crippen LogP contribution in [0.4, 0.5) is 16.4 Å². The van der Waals surface area contributed by atoms with Crippen LogP contribution in [0.3, 0.4) is 0 Å². The number of amides is 2. The first-order chi connectivity index (χ1) is 10.2. The number of fused-ring (bicyclic) bond motifs is 1. The van der Waals surface area contributed by atoms with E-state index in [0.717, 1.165) is 31.3 Å². The number of aromatic nitrogens is 2. The van der Waals surface area contributed by atoms with Crippen molar-refractivity contribution in [2.75, 3.05) is 50.6 Å². The fourth-order valence-electron chi connectivity index (χ4n) is 2.78. The first-order valence-corrected chi connectivity index (χ1v) is 7.05. The van der Waals surface area contributed by atoms with Crippen LogP contribution in [0, 0.1) is 0 Å². The summed E-state index contributed by atoms with van der Waals surface area (Å²) in [6.07, 6.45) is 0. The predicted octanol–water partition coefficient (Wildman–Crippen LogP) is -0.121. The van der Waals surface area contributed by atoms with Gasteiger partial charge in [0.25, 0.3) is 0 Å². The zero-order chi connectivity index (χ0) is 14.8. The van der Waals surface area contributed by atoms with Gasteiger partial charge in [0, 0.05) is 46.4 Å². The van der Waals surface area contributed by atoms with Crippen LogP contribution in [0.15, 0.2) is 6.07 Å². The number of anilines is 2. The molecule has 1 atom stereocenters. The molecule has 3 rings (SSSR count). The third-order valence-electron chi connectivity index (χ3n) is 3.85.